The molecule has 1 fully saturated rings. The summed E-state index contributed by atoms with van der Waals surface area (Å²) in [4.78, 5) is 11.9. The summed E-state index contributed by atoms with van der Waals surface area (Å²) in [7, 11) is 0. The molecule has 3 heteroatoms. The van der Waals surface area contributed by atoms with Gasteiger partial charge in [-0.2, -0.15) is 0 Å². The molecule has 80 valence electrons. The molecule has 2 rings (SSSR count). The van der Waals surface area contributed by atoms with E-state index in [0.717, 1.165) is 22.0 Å². The molecule has 1 amide bonds. The lowest BCUT2D eigenvalue weighted by atomic mass is 10.1. The zero-order valence-electron chi connectivity index (χ0n) is 8.88. The van der Waals surface area contributed by atoms with Gasteiger partial charge in [-0.15, -0.1) is 0 Å². The molecule has 1 N–H and O–H groups in total. The molecular weight excluding hydrogens is 254 g/mol. The molecule has 0 aliphatic heterocycles. The van der Waals surface area contributed by atoms with Crippen LogP contribution in [0.25, 0.3) is 0 Å². The van der Waals surface area contributed by atoms with Gasteiger partial charge in [-0.05, 0) is 47.3 Å². The first kappa shape index (κ1) is 10.7. The Bertz CT molecular complexity index is 403. The fraction of sp³-hybridized carbons (Fsp3) is 0.417. The molecule has 1 aromatic carbocycles. The zero-order valence-corrected chi connectivity index (χ0v) is 10.5. The van der Waals surface area contributed by atoms with E-state index in [-0.39, 0.29) is 5.91 Å². The summed E-state index contributed by atoms with van der Waals surface area (Å²) in [6.07, 6.45) is 1.11. The summed E-state index contributed by atoms with van der Waals surface area (Å²) in [6, 6.07) is 6.19. The number of halogens is 1. The standard InChI is InChI=1S/C12H14BrNO/c1-7-3-4-10(13)9(5-7)12(15)14-11-6-8(11)2/h3-5,8,11H,6H2,1-2H3,(H,14,15). The second-order valence-corrected chi connectivity index (χ2v) is 5.13. The van der Waals surface area contributed by atoms with E-state index in [1.165, 1.54) is 0 Å². The lowest BCUT2D eigenvalue weighted by Crippen LogP contribution is -2.26. The highest BCUT2D eigenvalue weighted by Gasteiger charge is 2.34. The van der Waals surface area contributed by atoms with E-state index in [0.29, 0.717) is 12.0 Å². The van der Waals surface area contributed by atoms with Crippen LogP contribution in [0.15, 0.2) is 22.7 Å². The molecule has 1 aromatic rings. The summed E-state index contributed by atoms with van der Waals surface area (Å²) < 4.78 is 0.860. The van der Waals surface area contributed by atoms with Gasteiger partial charge >= 0.3 is 0 Å². The number of carbonyl (C=O) groups is 1. The van der Waals surface area contributed by atoms with E-state index in [2.05, 4.69) is 28.2 Å². The van der Waals surface area contributed by atoms with E-state index in [1.54, 1.807) is 0 Å². The first-order chi connectivity index (χ1) is 7.08. The Kier molecular flexibility index (Phi) is 2.83. The third kappa shape index (κ3) is 2.40. The van der Waals surface area contributed by atoms with Gasteiger partial charge in [0, 0.05) is 10.5 Å². The van der Waals surface area contributed by atoms with Gasteiger partial charge in [-0.25, -0.2) is 0 Å². The maximum atomic E-state index is 11.9. The summed E-state index contributed by atoms with van der Waals surface area (Å²) in [5.74, 6) is 0.664. The van der Waals surface area contributed by atoms with E-state index in [1.807, 2.05) is 25.1 Å². The number of aryl methyl sites for hydroxylation is 1. The molecule has 0 saturated heterocycles. The van der Waals surface area contributed by atoms with Gasteiger partial charge < -0.3 is 5.32 Å². The average Bonchev–Trinajstić information content (AvgIpc) is 2.86. The number of amides is 1. The summed E-state index contributed by atoms with van der Waals surface area (Å²) in [5.41, 5.74) is 1.83. The van der Waals surface area contributed by atoms with Gasteiger partial charge in [0.05, 0.1) is 5.56 Å². The van der Waals surface area contributed by atoms with Crippen LogP contribution in [-0.2, 0) is 0 Å². The number of rotatable bonds is 2. The normalized spacial score (nSPS) is 23.7. The molecule has 0 spiro atoms. The van der Waals surface area contributed by atoms with Crippen molar-refractivity contribution in [1.29, 1.82) is 0 Å². The highest BCUT2D eigenvalue weighted by atomic mass is 79.9. The molecule has 2 atom stereocenters. The molecule has 1 saturated carbocycles. The van der Waals surface area contributed by atoms with Crippen molar-refractivity contribution in [2.45, 2.75) is 26.3 Å². The van der Waals surface area contributed by atoms with Gasteiger partial charge in [0.1, 0.15) is 0 Å². The Balaban J connectivity index is 2.14. The number of benzene rings is 1. The van der Waals surface area contributed by atoms with Crippen LogP contribution in [0.1, 0.15) is 29.3 Å². The Hall–Kier alpha value is -0.830. The number of hydrogen-bond donors (Lipinski definition) is 1. The van der Waals surface area contributed by atoms with Gasteiger partial charge in [0.2, 0.25) is 0 Å². The van der Waals surface area contributed by atoms with Crippen molar-refractivity contribution in [3.63, 3.8) is 0 Å². The molecule has 2 nitrogen and oxygen atoms in total. The molecule has 0 bridgehead atoms. The maximum Gasteiger partial charge on any atom is 0.252 e. The minimum absolute atomic E-state index is 0.0277. The summed E-state index contributed by atoms with van der Waals surface area (Å²) >= 11 is 3.40. The summed E-state index contributed by atoms with van der Waals surface area (Å²) in [6.45, 7) is 4.14. The van der Waals surface area contributed by atoms with Crippen LogP contribution in [0.4, 0.5) is 0 Å². The number of carbonyl (C=O) groups excluding carboxylic acids is 1. The van der Waals surface area contributed by atoms with Crippen LogP contribution in [0.3, 0.4) is 0 Å². The average molecular weight is 268 g/mol. The van der Waals surface area contributed by atoms with Crippen molar-refractivity contribution in [3.8, 4) is 0 Å². The highest BCUT2D eigenvalue weighted by Crippen LogP contribution is 2.29. The van der Waals surface area contributed by atoms with Crippen LogP contribution in [0.2, 0.25) is 0 Å². The van der Waals surface area contributed by atoms with Crippen molar-refractivity contribution < 1.29 is 4.79 Å². The van der Waals surface area contributed by atoms with Crippen LogP contribution < -0.4 is 5.32 Å². The maximum absolute atomic E-state index is 11.9. The molecule has 0 aromatic heterocycles. The zero-order chi connectivity index (χ0) is 11.0. The van der Waals surface area contributed by atoms with E-state index >= 15 is 0 Å². The predicted octanol–water partition coefficient (Wildman–Crippen LogP) is 2.90. The number of hydrogen-bond acceptors (Lipinski definition) is 1. The fourth-order valence-corrected chi connectivity index (χ4v) is 2.01. The molecule has 15 heavy (non-hydrogen) atoms. The molecule has 0 heterocycles. The largest absolute Gasteiger partial charge is 0.349 e. The van der Waals surface area contributed by atoms with Crippen molar-refractivity contribution in [1.82, 2.24) is 5.32 Å². The SMILES string of the molecule is Cc1ccc(Br)c(C(=O)NC2CC2C)c1. The minimum atomic E-state index is 0.0277. The summed E-state index contributed by atoms with van der Waals surface area (Å²) in [5, 5.41) is 3.02. The first-order valence-corrected chi connectivity index (χ1v) is 5.94. The van der Waals surface area contributed by atoms with Crippen LogP contribution in [0, 0.1) is 12.8 Å². The van der Waals surface area contributed by atoms with Gasteiger partial charge in [-0.3, -0.25) is 4.79 Å². The quantitative estimate of drug-likeness (QED) is 0.877. The predicted molar refractivity (Wildman–Crippen MR) is 63.9 cm³/mol. The van der Waals surface area contributed by atoms with E-state index < -0.39 is 0 Å². The third-order valence-corrected chi connectivity index (χ3v) is 3.48. The van der Waals surface area contributed by atoms with E-state index in [4.69, 9.17) is 0 Å². The monoisotopic (exact) mass is 267 g/mol. The lowest BCUT2D eigenvalue weighted by molar-refractivity contribution is 0.0948. The van der Waals surface area contributed by atoms with Crippen molar-refractivity contribution >= 4 is 21.8 Å². The Morgan fingerprint density at radius 3 is 2.80 bits per heavy atom. The molecule has 0 radical (unpaired) electrons. The minimum Gasteiger partial charge on any atom is -0.349 e. The van der Waals surface area contributed by atoms with E-state index in [9.17, 15) is 4.79 Å². The second-order valence-electron chi connectivity index (χ2n) is 4.28. The fourth-order valence-electron chi connectivity index (χ4n) is 1.58. The Labute approximate surface area is 98.2 Å². The van der Waals surface area contributed by atoms with Crippen LogP contribution in [0.5, 0.6) is 0 Å². The molecular formula is C12H14BrNO. The molecule has 1 aliphatic carbocycles. The lowest BCUT2D eigenvalue weighted by Gasteiger charge is -2.06. The van der Waals surface area contributed by atoms with Gasteiger partial charge in [0.15, 0.2) is 0 Å². The van der Waals surface area contributed by atoms with Crippen molar-refractivity contribution in [3.05, 3.63) is 33.8 Å². The number of nitrogens with one attached hydrogen (secondary N) is 1. The van der Waals surface area contributed by atoms with Crippen LogP contribution >= 0.6 is 15.9 Å². The van der Waals surface area contributed by atoms with Gasteiger partial charge in [0.25, 0.3) is 5.91 Å². The van der Waals surface area contributed by atoms with Crippen molar-refractivity contribution in [2.24, 2.45) is 5.92 Å². The Morgan fingerprint density at radius 2 is 2.20 bits per heavy atom. The second kappa shape index (κ2) is 3.97. The molecule has 1 aliphatic rings. The van der Waals surface area contributed by atoms with Crippen LogP contribution in [-0.4, -0.2) is 11.9 Å². The highest BCUT2D eigenvalue weighted by molar-refractivity contribution is 9.10. The van der Waals surface area contributed by atoms with Crippen molar-refractivity contribution in [2.75, 3.05) is 0 Å². The van der Waals surface area contributed by atoms with Gasteiger partial charge in [-0.1, -0.05) is 18.6 Å². The topological polar surface area (TPSA) is 29.1 Å². The first-order valence-electron chi connectivity index (χ1n) is 5.15. The third-order valence-electron chi connectivity index (χ3n) is 2.79. The smallest absolute Gasteiger partial charge is 0.252 e. The Morgan fingerprint density at radius 1 is 1.53 bits per heavy atom. The molecule has 2 unspecified atom stereocenters.